The van der Waals surface area contributed by atoms with Crippen molar-refractivity contribution in [1.29, 1.82) is 0 Å². The molecule has 0 N–H and O–H groups in total. The van der Waals surface area contributed by atoms with E-state index < -0.39 is 0 Å². The molecule has 12 rings (SSSR count). The standard InChI is InChI=1S/C54H35N3O2/c1-54-31-12-11-24-47(54)58-46-23-13-21-41(49(46)54)42-29-28-40(48-44-20-9-10-22-45(44)59-50(42)48)39-27-30-43(38-19-8-7-18-37(38)39)53-56-51(34-15-3-2-4-16-34)55-52(57-53)36-26-25-33-14-5-6-17-35(33)32-36/h2-32,47H,1H3. The Kier molecular flexibility index (Phi) is 7.35. The van der Waals surface area contributed by atoms with Crippen LogP contribution < -0.4 is 4.74 Å². The lowest BCUT2D eigenvalue weighted by Gasteiger charge is -2.28. The molecule has 8 aromatic carbocycles. The van der Waals surface area contributed by atoms with Crippen molar-refractivity contribution in [1.82, 2.24) is 15.0 Å². The molecule has 278 valence electrons. The van der Waals surface area contributed by atoms with Crippen LogP contribution in [0.15, 0.2) is 193 Å². The van der Waals surface area contributed by atoms with E-state index in [1.54, 1.807) is 0 Å². The second-order valence-corrected chi connectivity index (χ2v) is 15.6. The van der Waals surface area contributed by atoms with Crippen LogP contribution in [0.4, 0.5) is 0 Å². The van der Waals surface area contributed by atoms with Gasteiger partial charge in [0.25, 0.3) is 0 Å². The highest BCUT2D eigenvalue weighted by molar-refractivity contribution is 6.19. The molecule has 0 radical (unpaired) electrons. The highest BCUT2D eigenvalue weighted by Gasteiger charge is 2.45. The Hall–Kier alpha value is -7.63. The van der Waals surface area contributed by atoms with Crippen molar-refractivity contribution >= 4 is 43.5 Å². The molecule has 5 heteroatoms. The van der Waals surface area contributed by atoms with E-state index in [2.05, 4.69) is 159 Å². The fourth-order valence-corrected chi connectivity index (χ4v) is 9.31. The zero-order valence-corrected chi connectivity index (χ0v) is 32.1. The Morgan fingerprint density at radius 2 is 1.17 bits per heavy atom. The summed E-state index contributed by atoms with van der Waals surface area (Å²) in [4.78, 5) is 15.4. The van der Waals surface area contributed by atoms with Crippen LogP contribution in [0.2, 0.25) is 0 Å². The van der Waals surface area contributed by atoms with E-state index in [0.717, 1.165) is 82.8 Å². The van der Waals surface area contributed by atoms with Gasteiger partial charge in [-0.25, -0.2) is 15.0 Å². The zero-order valence-electron chi connectivity index (χ0n) is 32.1. The minimum Gasteiger partial charge on any atom is -0.485 e. The minimum absolute atomic E-state index is 0.0595. The van der Waals surface area contributed by atoms with E-state index in [9.17, 15) is 0 Å². The largest absolute Gasteiger partial charge is 0.485 e. The molecule has 5 nitrogen and oxygen atoms in total. The van der Waals surface area contributed by atoms with Gasteiger partial charge in [0.2, 0.25) is 0 Å². The third-order valence-electron chi connectivity index (χ3n) is 12.2. The number of ether oxygens (including phenoxy) is 1. The minimum atomic E-state index is -0.298. The summed E-state index contributed by atoms with van der Waals surface area (Å²) in [5, 5.41) is 6.62. The van der Waals surface area contributed by atoms with Gasteiger partial charge >= 0.3 is 0 Å². The average Bonchev–Trinajstić information content (AvgIpc) is 3.84. The van der Waals surface area contributed by atoms with Gasteiger partial charge in [-0.3, -0.25) is 0 Å². The Balaban J connectivity index is 1.06. The maximum atomic E-state index is 6.87. The quantitative estimate of drug-likeness (QED) is 0.175. The zero-order chi connectivity index (χ0) is 39.1. The first-order valence-electron chi connectivity index (χ1n) is 20.0. The second-order valence-electron chi connectivity index (χ2n) is 15.6. The van der Waals surface area contributed by atoms with E-state index in [1.807, 2.05) is 36.4 Å². The molecule has 0 spiro atoms. The number of nitrogens with zero attached hydrogens (tertiary/aromatic N) is 3. The molecule has 1 aliphatic carbocycles. The van der Waals surface area contributed by atoms with Crippen molar-refractivity contribution in [2.24, 2.45) is 0 Å². The fraction of sp³-hybridized carbons (Fsp3) is 0.0556. The molecule has 2 unspecified atom stereocenters. The summed E-state index contributed by atoms with van der Waals surface area (Å²) < 4.78 is 13.4. The molecule has 2 aliphatic rings. The summed E-state index contributed by atoms with van der Waals surface area (Å²) in [5.74, 6) is 2.80. The van der Waals surface area contributed by atoms with Crippen molar-refractivity contribution in [3.05, 3.63) is 194 Å². The monoisotopic (exact) mass is 757 g/mol. The summed E-state index contributed by atoms with van der Waals surface area (Å²) in [7, 11) is 0. The number of para-hydroxylation sites is 1. The number of rotatable bonds is 5. The second kappa shape index (κ2) is 12.9. The molecular formula is C54H35N3O2. The summed E-state index contributed by atoms with van der Waals surface area (Å²) in [6.07, 6.45) is 8.57. The normalized spacial score (nSPS) is 16.8. The van der Waals surface area contributed by atoms with Gasteiger partial charge in [0.05, 0.1) is 5.41 Å². The fourth-order valence-electron chi connectivity index (χ4n) is 9.31. The van der Waals surface area contributed by atoms with Crippen LogP contribution in [-0.4, -0.2) is 21.1 Å². The topological polar surface area (TPSA) is 61.0 Å². The van der Waals surface area contributed by atoms with Gasteiger partial charge in [-0.1, -0.05) is 152 Å². The lowest BCUT2D eigenvalue weighted by Crippen LogP contribution is -2.33. The van der Waals surface area contributed by atoms with Gasteiger partial charge in [-0.15, -0.1) is 0 Å². The lowest BCUT2D eigenvalue weighted by molar-refractivity contribution is 0.228. The predicted molar refractivity (Wildman–Crippen MR) is 239 cm³/mol. The van der Waals surface area contributed by atoms with Gasteiger partial charge in [-0.2, -0.15) is 0 Å². The third-order valence-corrected chi connectivity index (χ3v) is 12.2. The van der Waals surface area contributed by atoms with Gasteiger partial charge < -0.3 is 9.15 Å². The molecule has 2 aromatic heterocycles. The van der Waals surface area contributed by atoms with Crippen molar-refractivity contribution in [3.63, 3.8) is 0 Å². The molecule has 0 saturated heterocycles. The number of allylic oxidation sites excluding steroid dienone is 2. The van der Waals surface area contributed by atoms with Crippen molar-refractivity contribution in [3.8, 4) is 62.2 Å². The lowest BCUT2D eigenvalue weighted by atomic mass is 9.74. The van der Waals surface area contributed by atoms with Crippen molar-refractivity contribution < 1.29 is 9.15 Å². The van der Waals surface area contributed by atoms with E-state index in [4.69, 9.17) is 24.1 Å². The molecule has 3 heterocycles. The SMILES string of the molecule is CC12C=CC=CC1Oc1cccc(-c3ccc(-c4ccc(-c5nc(-c6ccccc6)nc(-c6ccc7ccccc7c6)n5)c5ccccc45)c4c3oc3ccccc34)c12. The summed E-state index contributed by atoms with van der Waals surface area (Å²) in [6.45, 7) is 2.27. The number of benzene rings is 8. The molecule has 0 saturated carbocycles. The first-order chi connectivity index (χ1) is 29.1. The van der Waals surface area contributed by atoms with Crippen LogP contribution in [-0.2, 0) is 5.41 Å². The highest BCUT2D eigenvalue weighted by atomic mass is 16.5. The predicted octanol–water partition coefficient (Wildman–Crippen LogP) is 13.6. The van der Waals surface area contributed by atoms with Gasteiger partial charge in [-0.05, 0) is 81.6 Å². The third kappa shape index (κ3) is 5.21. The number of aromatic nitrogens is 3. The number of furan rings is 1. The average molecular weight is 758 g/mol. The van der Waals surface area contributed by atoms with Crippen LogP contribution in [0, 0.1) is 0 Å². The van der Waals surface area contributed by atoms with E-state index >= 15 is 0 Å². The van der Waals surface area contributed by atoms with E-state index in [-0.39, 0.29) is 11.5 Å². The van der Waals surface area contributed by atoms with Gasteiger partial charge in [0, 0.05) is 38.6 Å². The molecule has 1 aliphatic heterocycles. The smallest absolute Gasteiger partial charge is 0.164 e. The Morgan fingerprint density at radius 1 is 0.492 bits per heavy atom. The molecule has 0 amide bonds. The molecule has 0 bridgehead atoms. The van der Waals surface area contributed by atoms with Crippen LogP contribution in [0.3, 0.4) is 0 Å². The molecule has 2 atom stereocenters. The summed E-state index contributed by atoms with van der Waals surface area (Å²) >= 11 is 0. The first kappa shape index (κ1) is 33.5. The van der Waals surface area contributed by atoms with Crippen molar-refractivity contribution in [2.75, 3.05) is 0 Å². The Labute approximate surface area is 340 Å². The molecule has 0 fully saturated rings. The van der Waals surface area contributed by atoms with E-state index in [1.165, 1.54) is 10.9 Å². The van der Waals surface area contributed by atoms with Gasteiger partial charge in [0.15, 0.2) is 17.5 Å². The maximum absolute atomic E-state index is 6.87. The van der Waals surface area contributed by atoms with Crippen molar-refractivity contribution in [2.45, 2.75) is 18.4 Å². The first-order valence-corrected chi connectivity index (χ1v) is 20.0. The van der Waals surface area contributed by atoms with Crippen LogP contribution in [0.5, 0.6) is 5.75 Å². The van der Waals surface area contributed by atoms with Gasteiger partial charge in [0.1, 0.15) is 23.0 Å². The molecule has 59 heavy (non-hydrogen) atoms. The Morgan fingerprint density at radius 3 is 2.03 bits per heavy atom. The van der Waals surface area contributed by atoms with E-state index in [0.29, 0.717) is 17.5 Å². The summed E-state index contributed by atoms with van der Waals surface area (Å²) in [6, 6.07) is 57.1. The maximum Gasteiger partial charge on any atom is 0.164 e. The number of fused-ring (bicyclic) bond motifs is 8. The molecular weight excluding hydrogens is 723 g/mol. The van der Waals surface area contributed by atoms with Crippen LogP contribution in [0.1, 0.15) is 12.5 Å². The number of hydrogen-bond acceptors (Lipinski definition) is 5. The van der Waals surface area contributed by atoms with Crippen LogP contribution >= 0.6 is 0 Å². The highest BCUT2D eigenvalue weighted by Crippen LogP contribution is 2.52. The number of hydrogen-bond donors (Lipinski definition) is 0. The van der Waals surface area contributed by atoms with Crippen LogP contribution in [0.25, 0.3) is 99.9 Å². The summed E-state index contributed by atoms with van der Waals surface area (Å²) in [5.41, 5.74) is 9.78. The molecule has 10 aromatic rings. The Bertz CT molecular complexity index is 3400.